The quantitative estimate of drug-likeness (QED) is 0.0759. The van der Waals surface area contributed by atoms with Crippen molar-refractivity contribution in [3.8, 4) is 73.2 Å². The molecule has 14 aromatic carbocycles. The van der Waals surface area contributed by atoms with Crippen molar-refractivity contribution in [2.24, 2.45) is 0 Å². The van der Waals surface area contributed by atoms with E-state index < -0.39 is 16.1 Å². The van der Waals surface area contributed by atoms with Gasteiger partial charge in [-0.05, 0) is 98.1 Å². The van der Waals surface area contributed by atoms with Crippen LogP contribution in [0.4, 0.5) is 0 Å². The summed E-state index contributed by atoms with van der Waals surface area (Å²) < 4.78 is 2.23. The van der Waals surface area contributed by atoms with Gasteiger partial charge in [-0.1, -0.05) is 364 Å². The minimum absolute atomic E-state index is 0.544. The number of aromatic nitrogens is 4. The van der Waals surface area contributed by atoms with Crippen LogP contribution in [0.2, 0.25) is 0 Å². The lowest BCUT2D eigenvalue weighted by molar-refractivity contribution is 0.953. The van der Waals surface area contributed by atoms with Crippen LogP contribution < -0.4 is 41.5 Å². The van der Waals surface area contributed by atoms with Crippen LogP contribution in [-0.4, -0.2) is 35.7 Å². The highest BCUT2D eigenvalue weighted by molar-refractivity contribution is 7.22. The fourth-order valence-electron chi connectivity index (χ4n) is 14.2. The Morgan fingerprint density at radius 3 is 0.753 bits per heavy atom. The Kier molecular flexibility index (Phi) is 15.0. The molecule has 0 N–H and O–H groups in total. The molecule has 0 aliphatic carbocycles. The van der Waals surface area contributed by atoms with Gasteiger partial charge in [0.05, 0.1) is 11.0 Å². The van der Waals surface area contributed by atoms with Crippen LogP contribution in [0, 0.1) is 0 Å². The summed E-state index contributed by atoms with van der Waals surface area (Å²) in [6.45, 7) is 0. The third kappa shape index (κ3) is 10.3. The van der Waals surface area contributed by atoms with Crippen molar-refractivity contribution in [1.29, 1.82) is 0 Å². The molecule has 438 valence electrons. The van der Waals surface area contributed by atoms with Crippen molar-refractivity contribution in [2.75, 3.05) is 0 Å². The van der Waals surface area contributed by atoms with E-state index in [0.717, 1.165) is 55.2 Å². The van der Waals surface area contributed by atoms with Crippen molar-refractivity contribution in [3.63, 3.8) is 0 Å². The van der Waals surface area contributed by atoms with Gasteiger partial charge in [0.2, 0.25) is 5.95 Å². The molecule has 0 unspecified atom stereocenters. The van der Waals surface area contributed by atoms with E-state index >= 15 is 0 Å². The van der Waals surface area contributed by atoms with Crippen LogP contribution in [0.15, 0.2) is 376 Å². The van der Waals surface area contributed by atoms with Crippen LogP contribution in [0.1, 0.15) is 0 Å². The Bertz CT molecular complexity index is 4800. The van der Waals surface area contributed by atoms with Gasteiger partial charge in [-0.15, -0.1) is 0 Å². The third-order valence-corrected chi connectivity index (χ3v) is 28.1. The first-order chi connectivity index (χ1) is 46.1. The minimum Gasteiger partial charge on any atom is -0.278 e. The minimum atomic E-state index is -3.50. The maximum absolute atomic E-state index is 5.81. The standard InChI is InChI=1S/C87H62N4Si2/c1-8-26-63(27-9-1)67-44-52-75(53-45-67)92(73-36-18-6-19-37-73,76-54-46-68(47-55-76)64-28-10-2-11-29-64)79-60-72(86-88-85(71-34-16-5-17-35-71)89-87(90-86)91-83-42-24-22-40-81(83)82-41-23-25-43-84(82)91)61-80(62-79)93(74-38-20-7-21-39-74,77-56-48-69(49-57-77)65-30-12-3-13-31-65)78-58-50-70(51-59-78)66-32-14-4-15-33-66/h1-62H. The first kappa shape index (κ1) is 56.6. The molecule has 0 aliphatic heterocycles. The topological polar surface area (TPSA) is 43.6 Å². The van der Waals surface area contributed by atoms with Crippen molar-refractivity contribution in [1.82, 2.24) is 19.5 Å². The molecule has 0 saturated heterocycles. The molecule has 0 fully saturated rings. The van der Waals surface area contributed by atoms with Crippen LogP contribution in [0.3, 0.4) is 0 Å². The normalized spacial score (nSPS) is 11.7. The second-order valence-electron chi connectivity index (χ2n) is 23.8. The predicted molar refractivity (Wildman–Crippen MR) is 394 cm³/mol. The third-order valence-electron chi connectivity index (χ3n) is 18.6. The van der Waals surface area contributed by atoms with Gasteiger partial charge in [0.1, 0.15) is 0 Å². The number of nitrogens with zero attached hydrogens (tertiary/aromatic N) is 4. The zero-order valence-corrected chi connectivity index (χ0v) is 53.1. The number of fused-ring (bicyclic) bond motifs is 3. The van der Waals surface area contributed by atoms with Crippen molar-refractivity contribution >= 4 is 79.4 Å². The SMILES string of the molecule is c1ccc(-c2ccc([Si](c3ccccc3)(c3ccc(-c4ccccc4)cc3)c3cc(-c4nc(-c5ccccc5)nc(-n5c6ccccc6c6ccccc65)n4)cc([Si](c4ccccc4)(c4ccc(-c5ccccc5)cc4)c4ccc(-c5ccccc5)cc4)c3)cc2)cc1. The molecular formula is C87H62N4Si2. The predicted octanol–water partition coefficient (Wildman–Crippen LogP) is 15.7. The summed E-state index contributed by atoms with van der Waals surface area (Å²) in [4.78, 5) is 17.0. The molecule has 0 amide bonds. The Hall–Kier alpha value is -11.7. The Morgan fingerprint density at radius 2 is 0.430 bits per heavy atom. The Morgan fingerprint density at radius 1 is 0.183 bits per heavy atom. The molecule has 0 radical (unpaired) electrons. The van der Waals surface area contributed by atoms with E-state index in [2.05, 4.69) is 375 Å². The summed E-state index contributed by atoms with van der Waals surface area (Å²) in [6.07, 6.45) is 0. The molecule has 6 heteroatoms. The molecule has 93 heavy (non-hydrogen) atoms. The number of benzene rings is 14. The monoisotopic (exact) mass is 1220 g/mol. The lowest BCUT2D eigenvalue weighted by Crippen LogP contribution is -2.78. The first-order valence-corrected chi connectivity index (χ1v) is 35.8. The van der Waals surface area contributed by atoms with E-state index in [1.165, 1.54) is 63.7 Å². The van der Waals surface area contributed by atoms with Gasteiger partial charge in [-0.2, -0.15) is 9.97 Å². The summed E-state index contributed by atoms with van der Waals surface area (Å²) in [6, 6.07) is 139. The highest BCUT2D eigenvalue weighted by atomic mass is 28.3. The van der Waals surface area contributed by atoms with Crippen molar-refractivity contribution < 1.29 is 0 Å². The lowest BCUT2D eigenvalue weighted by Gasteiger charge is -2.38. The molecular weight excluding hydrogens is 1160 g/mol. The van der Waals surface area contributed by atoms with Gasteiger partial charge >= 0.3 is 0 Å². The van der Waals surface area contributed by atoms with Crippen LogP contribution in [0.25, 0.3) is 95.0 Å². The van der Waals surface area contributed by atoms with E-state index in [9.17, 15) is 0 Å². The largest absolute Gasteiger partial charge is 0.278 e. The molecule has 0 saturated carbocycles. The lowest BCUT2D eigenvalue weighted by atomic mass is 10.1. The van der Waals surface area contributed by atoms with E-state index in [-0.39, 0.29) is 0 Å². The van der Waals surface area contributed by atoms with E-state index in [0.29, 0.717) is 17.6 Å². The van der Waals surface area contributed by atoms with Gasteiger partial charge in [0, 0.05) is 21.9 Å². The average Bonchev–Trinajstić information content (AvgIpc) is 0.881. The molecule has 16 aromatic rings. The van der Waals surface area contributed by atoms with E-state index in [1.54, 1.807) is 0 Å². The molecule has 0 atom stereocenters. The van der Waals surface area contributed by atoms with Gasteiger partial charge in [-0.25, -0.2) is 4.98 Å². The number of hydrogen-bond acceptors (Lipinski definition) is 3. The van der Waals surface area contributed by atoms with Crippen LogP contribution >= 0.6 is 0 Å². The molecule has 4 nitrogen and oxygen atoms in total. The zero-order valence-electron chi connectivity index (χ0n) is 51.1. The Labute approximate surface area is 544 Å². The smallest absolute Gasteiger partial charge is 0.238 e. The number of rotatable bonds is 15. The van der Waals surface area contributed by atoms with Crippen molar-refractivity contribution in [2.45, 2.75) is 0 Å². The van der Waals surface area contributed by atoms with Crippen molar-refractivity contribution in [3.05, 3.63) is 376 Å². The van der Waals surface area contributed by atoms with Gasteiger partial charge in [0.15, 0.2) is 27.8 Å². The molecule has 0 bridgehead atoms. The average molecular weight is 1220 g/mol. The second kappa shape index (κ2) is 24.6. The molecule has 16 rings (SSSR count). The second-order valence-corrected chi connectivity index (χ2v) is 31.4. The number of hydrogen-bond donors (Lipinski definition) is 0. The van der Waals surface area contributed by atoms with Gasteiger partial charge in [-0.3, -0.25) is 4.57 Å². The van der Waals surface area contributed by atoms with Gasteiger partial charge in [0.25, 0.3) is 0 Å². The molecule has 0 spiro atoms. The number of para-hydroxylation sites is 2. The van der Waals surface area contributed by atoms with Gasteiger partial charge < -0.3 is 0 Å². The first-order valence-electron chi connectivity index (χ1n) is 31.8. The van der Waals surface area contributed by atoms with E-state index in [4.69, 9.17) is 15.0 Å². The summed E-state index contributed by atoms with van der Waals surface area (Å²) >= 11 is 0. The highest BCUT2D eigenvalue weighted by Gasteiger charge is 2.46. The summed E-state index contributed by atoms with van der Waals surface area (Å²) in [5, 5.41) is 12.2. The highest BCUT2D eigenvalue weighted by Crippen LogP contribution is 2.33. The molecule has 2 aromatic heterocycles. The van der Waals surface area contributed by atoms with E-state index in [1.807, 2.05) is 6.07 Å². The summed E-state index contributed by atoms with van der Waals surface area (Å²) in [5.74, 6) is 1.71. The maximum atomic E-state index is 5.81. The fraction of sp³-hybridized carbons (Fsp3) is 0. The summed E-state index contributed by atoms with van der Waals surface area (Å²) in [5.41, 5.74) is 13.2. The zero-order chi connectivity index (χ0) is 62.0. The van der Waals surface area contributed by atoms with Crippen LogP contribution in [0.5, 0.6) is 0 Å². The maximum Gasteiger partial charge on any atom is 0.238 e. The fourth-order valence-corrected chi connectivity index (χ4v) is 23.9. The molecule has 2 heterocycles. The summed E-state index contributed by atoms with van der Waals surface area (Å²) in [7, 11) is -7.00. The van der Waals surface area contributed by atoms with Crippen LogP contribution in [-0.2, 0) is 0 Å². The Balaban J connectivity index is 1.06. The molecule has 0 aliphatic rings.